The van der Waals surface area contributed by atoms with Crippen LogP contribution < -0.4 is 14.9 Å². The Bertz CT molecular complexity index is 779. The van der Waals surface area contributed by atoms with Crippen molar-refractivity contribution in [2.75, 3.05) is 13.2 Å². The number of benzene rings is 2. The van der Waals surface area contributed by atoms with E-state index in [4.69, 9.17) is 9.47 Å². The van der Waals surface area contributed by atoms with Crippen LogP contribution in [0.3, 0.4) is 0 Å². The van der Waals surface area contributed by atoms with Gasteiger partial charge < -0.3 is 9.47 Å². The van der Waals surface area contributed by atoms with Gasteiger partial charge in [-0.1, -0.05) is 6.92 Å². The molecule has 0 unspecified atom stereocenters. The van der Waals surface area contributed by atoms with Gasteiger partial charge in [0.15, 0.2) is 11.5 Å². The highest BCUT2D eigenvalue weighted by atomic mass is 127. The third-order valence-electron chi connectivity index (χ3n) is 3.27. The highest BCUT2D eigenvalue weighted by Crippen LogP contribution is 2.34. The SMILES string of the molecule is CCCOc1c(I)cc(/C=N\NC(=O)c2ccc(F)cc2)cc1OCC. The van der Waals surface area contributed by atoms with E-state index in [1.165, 1.54) is 30.5 Å². The van der Waals surface area contributed by atoms with Crippen molar-refractivity contribution in [2.24, 2.45) is 5.10 Å². The summed E-state index contributed by atoms with van der Waals surface area (Å²) in [6.45, 7) is 5.07. The van der Waals surface area contributed by atoms with Crippen molar-refractivity contribution >= 4 is 34.7 Å². The fraction of sp³-hybridized carbons (Fsp3) is 0.263. The third kappa shape index (κ3) is 5.69. The molecule has 0 heterocycles. The average Bonchev–Trinajstić information content (AvgIpc) is 2.62. The van der Waals surface area contributed by atoms with Crippen LogP contribution in [0.15, 0.2) is 41.5 Å². The van der Waals surface area contributed by atoms with Crippen molar-refractivity contribution < 1.29 is 18.7 Å². The molecular weight excluding hydrogens is 450 g/mol. The minimum absolute atomic E-state index is 0.330. The Labute approximate surface area is 165 Å². The van der Waals surface area contributed by atoms with Gasteiger partial charge in [0.25, 0.3) is 5.91 Å². The lowest BCUT2D eigenvalue weighted by Gasteiger charge is -2.14. The Morgan fingerprint density at radius 1 is 1.23 bits per heavy atom. The van der Waals surface area contributed by atoms with E-state index in [9.17, 15) is 9.18 Å². The standard InChI is InChI=1S/C19H20FIN2O3/c1-3-9-26-18-16(21)10-13(11-17(18)25-4-2)12-22-23-19(24)14-5-7-15(20)8-6-14/h5-8,10-12H,3-4,9H2,1-2H3,(H,23,24)/b22-12-. The summed E-state index contributed by atoms with van der Waals surface area (Å²) in [5.41, 5.74) is 3.52. The van der Waals surface area contributed by atoms with Gasteiger partial charge in [-0.2, -0.15) is 5.10 Å². The van der Waals surface area contributed by atoms with E-state index in [1.54, 1.807) is 0 Å². The van der Waals surface area contributed by atoms with Crippen molar-refractivity contribution in [3.8, 4) is 11.5 Å². The minimum atomic E-state index is -0.413. The Hall–Kier alpha value is -2.16. The average molecular weight is 470 g/mol. The summed E-state index contributed by atoms with van der Waals surface area (Å²) in [4.78, 5) is 12.0. The summed E-state index contributed by atoms with van der Waals surface area (Å²) in [7, 11) is 0. The predicted octanol–water partition coefficient (Wildman–Crippen LogP) is 4.38. The summed E-state index contributed by atoms with van der Waals surface area (Å²) < 4.78 is 25.2. The van der Waals surface area contributed by atoms with Crippen LogP contribution in [-0.4, -0.2) is 25.3 Å². The zero-order chi connectivity index (χ0) is 18.9. The fourth-order valence-electron chi connectivity index (χ4n) is 2.10. The number of hydrogen-bond donors (Lipinski definition) is 1. The molecule has 0 atom stereocenters. The summed E-state index contributed by atoms with van der Waals surface area (Å²) >= 11 is 2.18. The van der Waals surface area contributed by atoms with Crippen LogP contribution in [0.4, 0.5) is 4.39 Å². The van der Waals surface area contributed by atoms with E-state index in [1.807, 2.05) is 26.0 Å². The molecule has 0 radical (unpaired) electrons. The Balaban J connectivity index is 2.11. The van der Waals surface area contributed by atoms with Gasteiger partial charge in [0, 0.05) is 5.56 Å². The van der Waals surface area contributed by atoms with Gasteiger partial charge in [-0.15, -0.1) is 0 Å². The van der Waals surface area contributed by atoms with Crippen molar-refractivity contribution in [3.63, 3.8) is 0 Å². The summed E-state index contributed by atoms with van der Waals surface area (Å²) in [6.07, 6.45) is 2.43. The zero-order valence-corrected chi connectivity index (χ0v) is 16.7. The van der Waals surface area contributed by atoms with Crippen LogP contribution in [0.2, 0.25) is 0 Å². The first-order chi connectivity index (χ1) is 12.5. The molecule has 138 valence electrons. The maximum atomic E-state index is 12.9. The topological polar surface area (TPSA) is 59.9 Å². The van der Waals surface area contributed by atoms with Crippen LogP contribution in [0, 0.1) is 9.39 Å². The first kappa shape index (κ1) is 20.2. The van der Waals surface area contributed by atoms with Gasteiger partial charge in [-0.25, -0.2) is 9.82 Å². The maximum Gasteiger partial charge on any atom is 0.271 e. The molecule has 0 aliphatic heterocycles. The Kier molecular flexibility index (Phi) is 7.83. The zero-order valence-electron chi connectivity index (χ0n) is 14.6. The van der Waals surface area contributed by atoms with E-state index in [0.29, 0.717) is 30.3 Å². The molecule has 2 rings (SSSR count). The molecule has 0 aliphatic carbocycles. The van der Waals surface area contributed by atoms with Crippen LogP contribution >= 0.6 is 22.6 Å². The van der Waals surface area contributed by atoms with Crippen molar-refractivity contribution in [1.82, 2.24) is 5.43 Å². The van der Waals surface area contributed by atoms with E-state index in [2.05, 4.69) is 33.1 Å². The van der Waals surface area contributed by atoms with Gasteiger partial charge in [0.1, 0.15) is 5.82 Å². The van der Waals surface area contributed by atoms with E-state index in [0.717, 1.165) is 15.6 Å². The summed E-state index contributed by atoms with van der Waals surface area (Å²) in [6, 6.07) is 8.95. The number of ether oxygens (including phenoxy) is 2. The second-order valence-corrected chi connectivity index (χ2v) is 6.48. The molecule has 1 N–H and O–H groups in total. The molecule has 26 heavy (non-hydrogen) atoms. The Morgan fingerprint density at radius 2 is 1.96 bits per heavy atom. The number of nitrogens with zero attached hydrogens (tertiary/aromatic N) is 1. The van der Waals surface area contributed by atoms with E-state index >= 15 is 0 Å². The molecule has 2 aromatic rings. The third-order valence-corrected chi connectivity index (χ3v) is 4.07. The molecule has 0 aliphatic rings. The van der Waals surface area contributed by atoms with E-state index < -0.39 is 11.7 Å². The molecule has 0 saturated heterocycles. The largest absolute Gasteiger partial charge is 0.490 e. The summed E-state index contributed by atoms with van der Waals surface area (Å²) in [5, 5.41) is 3.96. The maximum absolute atomic E-state index is 12.9. The number of rotatable bonds is 8. The molecule has 0 aromatic heterocycles. The minimum Gasteiger partial charge on any atom is -0.490 e. The van der Waals surface area contributed by atoms with Crippen molar-refractivity contribution in [2.45, 2.75) is 20.3 Å². The lowest BCUT2D eigenvalue weighted by atomic mass is 10.2. The number of halogens is 2. The molecule has 0 saturated carbocycles. The van der Waals surface area contributed by atoms with Crippen LogP contribution in [0.5, 0.6) is 11.5 Å². The van der Waals surface area contributed by atoms with Gasteiger partial charge in [-0.05, 0) is 77.9 Å². The van der Waals surface area contributed by atoms with Gasteiger partial charge in [-0.3, -0.25) is 4.79 Å². The molecule has 7 heteroatoms. The van der Waals surface area contributed by atoms with Gasteiger partial charge in [0.05, 0.1) is 23.0 Å². The second-order valence-electron chi connectivity index (χ2n) is 5.32. The van der Waals surface area contributed by atoms with Crippen molar-refractivity contribution in [1.29, 1.82) is 0 Å². The molecule has 0 fully saturated rings. The number of amides is 1. The highest BCUT2D eigenvalue weighted by molar-refractivity contribution is 14.1. The fourth-order valence-corrected chi connectivity index (χ4v) is 2.88. The molecule has 0 spiro atoms. The monoisotopic (exact) mass is 470 g/mol. The smallest absolute Gasteiger partial charge is 0.271 e. The number of hydrogen-bond acceptors (Lipinski definition) is 4. The van der Waals surface area contributed by atoms with Crippen LogP contribution in [-0.2, 0) is 0 Å². The number of nitrogens with one attached hydrogen (secondary N) is 1. The number of carbonyl (C=O) groups is 1. The van der Waals surface area contributed by atoms with Gasteiger partial charge >= 0.3 is 0 Å². The normalized spacial score (nSPS) is 10.8. The predicted molar refractivity (Wildman–Crippen MR) is 108 cm³/mol. The quantitative estimate of drug-likeness (QED) is 0.354. The lowest BCUT2D eigenvalue weighted by Crippen LogP contribution is -2.17. The summed E-state index contributed by atoms with van der Waals surface area (Å²) in [5.74, 6) is 0.540. The molecule has 0 bridgehead atoms. The first-order valence-corrected chi connectivity index (χ1v) is 9.31. The van der Waals surface area contributed by atoms with Crippen LogP contribution in [0.25, 0.3) is 0 Å². The molecule has 1 amide bonds. The molecule has 5 nitrogen and oxygen atoms in total. The van der Waals surface area contributed by atoms with Crippen molar-refractivity contribution in [3.05, 3.63) is 56.9 Å². The number of carbonyl (C=O) groups excluding carboxylic acids is 1. The number of hydrazone groups is 1. The second kappa shape index (κ2) is 10.1. The first-order valence-electron chi connectivity index (χ1n) is 8.23. The lowest BCUT2D eigenvalue weighted by molar-refractivity contribution is 0.0955. The Morgan fingerprint density at radius 3 is 2.62 bits per heavy atom. The van der Waals surface area contributed by atoms with Crippen LogP contribution in [0.1, 0.15) is 36.2 Å². The van der Waals surface area contributed by atoms with Gasteiger partial charge in [0.2, 0.25) is 0 Å². The highest BCUT2D eigenvalue weighted by Gasteiger charge is 2.11. The molecule has 2 aromatic carbocycles. The molecular formula is C19H20FIN2O3. The van der Waals surface area contributed by atoms with E-state index in [-0.39, 0.29) is 0 Å².